The van der Waals surface area contributed by atoms with Gasteiger partial charge in [0, 0.05) is 0 Å². The molecule has 0 heteroatoms. The maximum Gasteiger partial charge on any atom is -0.0266 e. The number of hydrogen-bond acceptors (Lipinski definition) is 0. The molecule has 0 saturated heterocycles. The Morgan fingerprint density at radius 1 is 1.50 bits per heavy atom. The average molecular weight is 110 g/mol. The molecule has 0 heterocycles. The smallest absolute Gasteiger partial charge is 0.0266 e. The summed E-state index contributed by atoms with van der Waals surface area (Å²) in [6, 6.07) is 0. The lowest BCUT2D eigenvalue weighted by molar-refractivity contribution is 0.631. The zero-order chi connectivity index (χ0) is 5.61. The normalized spacial score (nSPS) is 37.9. The van der Waals surface area contributed by atoms with Crippen molar-refractivity contribution in [1.82, 2.24) is 0 Å². The number of rotatable bonds is 2. The van der Waals surface area contributed by atoms with Gasteiger partial charge in [-0.3, -0.25) is 0 Å². The van der Waals surface area contributed by atoms with E-state index in [-0.39, 0.29) is 0 Å². The van der Waals surface area contributed by atoms with Crippen molar-refractivity contribution >= 4 is 0 Å². The molecule has 0 aliphatic heterocycles. The topological polar surface area (TPSA) is 0 Å². The average Bonchev–Trinajstić information content (AvgIpc) is 2.57. The first-order chi connectivity index (χ1) is 3.87. The summed E-state index contributed by atoms with van der Waals surface area (Å²) in [4.78, 5) is 0. The maximum atomic E-state index is 2.30. The van der Waals surface area contributed by atoms with Gasteiger partial charge < -0.3 is 0 Å². The van der Waals surface area contributed by atoms with Crippen LogP contribution in [0.1, 0.15) is 39.0 Å². The van der Waals surface area contributed by atoms with Crippen LogP contribution in [0.5, 0.6) is 0 Å². The molecule has 46 valence electrons. The van der Waals surface area contributed by atoms with E-state index in [1.54, 1.807) is 19.3 Å². The molecule has 2 fully saturated rings. The van der Waals surface area contributed by atoms with E-state index in [0.29, 0.717) is 0 Å². The van der Waals surface area contributed by atoms with E-state index >= 15 is 0 Å². The van der Waals surface area contributed by atoms with E-state index in [9.17, 15) is 0 Å². The Morgan fingerprint density at radius 2 is 2.25 bits per heavy atom. The fourth-order valence-corrected chi connectivity index (χ4v) is 1.96. The first kappa shape index (κ1) is 4.84. The molecule has 1 atom stereocenters. The van der Waals surface area contributed by atoms with Gasteiger partial charge in [-0.2, -0.15) is 0 Å². The summed E-state index contributed by atoms with van der Waals surface area (Å²) in [6.45, 7) is 2.30. The van der Waals surface area contributed by atoms with E-state index in [0.717, 1.165) is 5.41 Å². The van der Waals surface area contributed by atoms with Crippen LogP contribution in [0.3, 0.4) is 0 Å². The molecule has 1 unspecified atom stereocenters. The molecular formula is C8H14. The molecule has 2 rings (SSSR count). The third-order valence-electron chi connectivity index (χ3n) is 2.89. The van der Waals surface area contributed by atoms with Crippen molar-refractivity contribution in [3.8, 4) is 0 Å². The van der Waals surface area contributed by atoms with Crippen LogP contribution in [-0.2, 0) is 0 Å². The highest BCUT2D eigenvalue weighted by molar-refractivity contribution is 5.11. The van der Waals surface area contributed by atoms with Crippen LogP contribution in [0.25, 0.3) is 0 Å². The Morgan fingerprint density at radius 3 is 2.62 bits per heavy atom. The fourth-order valence-electron chi connectivity index (χ4n) is 1.96. The van der Waals surface area contributed by atoms with E-state index in [4.69, 9.17) is 0 Å². The molecule has 2 aliphatic carbocycles. The van der Waals surface area contributed by atoms with Gasteiger partial charge in [0.05, 0.1) is 0 Å². The van der Waals surface area contributed by atoms with Crippen molar-refractivity contribution < 1.29 is 0 Å². The minimum atomic E-state index is 0.968. The van der Waals surface area contributed by atoms with E-state index in [1.165, 1.54) is 18.8 Å². The van der Waals surface area contributed by atoms with Crippen molar-refractivity contribution in [1.29, 1.82) is 0 Å². The lowest BCUT2D eigenvalue weighted by atomic mass is 10.2. The van der Waals surface area contributed by atoms with Gasteiger partial charge in [0.25, 0.3) is 0 Å². The zero-order valence-electron chi connectivity index (χ0n) is 5.61. The Bertz CT molecular complexity index is 101. The summed E-state index contributed by atoms with van der Waals surface area (Å²) >= 11 is 0. The standard InChI is InChI=1S/C8H14/c1-2-3-7-6-8(7)4-5-8/h7H,2-6H2,1H3. The molecule has 2 aliphatic rings. The summed E-state index contributed by atoms with van der Waals surface area (Å²) in [5, 5.41) is 0. The van der Waals surface area contributed by atoms with Crippen LogP contribution in [0.2, 0.25) is 0 Å². The lowest BCUT2D eigenvalue weighted by Crippen LogP contribution is -1.77. The van der Waals surface area contributed by atoms with Crippen LogP contribution in [0.15, 0.2) is 0 Å². The second-order valence-corrected chi connectivity index (χ2v) is 3.55. The van der Waals surface area contributed by atoms with Gasteiger partial charge in [-0.15, -0.1) is 0 Å². The maximum absolute atomic E-state index is 2.30. The zero-order valence-corrected chi connectivity index (χ0v) is 5.61. The second kappa shape index (κ2) is 1.29. The molecule has 0 N–H and O–H groups in total. The SMILES string of the molecule is CCCC1CC12CC2. The quantitative estimate of drug-likeness (QED) is 0.512. The molecule has 8 heavy (non-hydrogen) atoms. The van der Waals surface area contributed by atoms with Gasteiger partial charge >= 0.3 is 0 Å². The van der Waals surface area contributed by atoms with Crippen molar-refractivity contribution in [3.05, 3.63) is 0 Å². The van der Waals surface area contributed by atoms with Gasteiger partial charge in [-0.1, -0.05) is 19.8 Å². The highest BCUT2D eigenvalue weighted by Gasteiger charge is 2.61. The Balaban J connectivity index is 1.80. The van der Waals surface area contributed by atoms with Crippen molar-refractivity contribution in [2.75, 3.05) is 0 Å². The van der Waals surface area contributed by atoms with Crippen molar-refractivity contribution in [3.63, 3.8) is 0 Å². The lowest BCUT2D eigenvalue weighted by Gasteiger charge is -1.88. The number of hydrogen-bond donors (Lipinski definition) is 0. The van der Waals surface area contributed by atoms with Crippen LogP contribution in [-0.4, -0.2) is 0 Å². The van der Waals surface area contributed by atoms with Crippen LogP contribution >= 0.6 is 0 Å². The highest BCUT2D eigenvalue weighted by atomic mass is 14.7. The fraction of sp³-hybridized carbons (Fsp3) is 1.00. The summed E-state index contributed by atoms with van der Waals surface area (Å²) < 4.78 is 0. The minimum Gasteiger partial charge on any atom is -0.0654 e. The Labute approximate surface area is 51.3 Å². The predicted molar refractivity (Wildman–Crippen MR) is 34.7 cm³/mol. The van der Waals surface area contributed by atoms with Crippen LogP contribution in [0.4, 0.5) is 0 Å². The van der Waals surface area contributed by atoms with E-state index in [2.05, 4.69) is 6.92 Å². The Kier molecular flexibility index (Phi) is 0.778. The second-order valence-electron chi connectivity index (χ2n) is 3.55. The predicted octanol–water partition coefficient (Wildman–Crippen LogP) is 2.59. The van der Waals surface area contributed by atoms with Crippen molar-refractivity contribution in [2.45, 2.75) is 39.0 Å². The van der Waals surface area contributed by atoms with E-state index < -0.39 is 0 Å². The van der Waals surface area contributed by atoms with Gasteiger partial charge in [-0.25, -0.2) is 0 Å². The van der Waals surface area contributed by atoms with Gasteiger partial charge in [0.1, 0.15) is 0 Å². The molecule has 0 amide bonds. The summed E-state index contributed by atoms with van der Waals surface area (Å²) in [5.41, 5.74) is 0.968. The van der Waals surface area contributed by atoms with Crippen LogP contribution in [0, 0.1) is 11.3 Å². The molecule has 1 spiro atoms. The largest absolute Gasteiger partial charge is 0.0654 e. The first-order valence-corrected chi connectivity index (χ1v) is 3.87. The van der Waals surface area contributed by atoms with Gasteiger partial charge in [0.15, 0.2) is 0 Å². The van der Waals surface area contributed by atoms with Gasteiger partial charge in [0.2, 0.25) is 0 Å². The molecule has 2 saturated carbocycles. The minimum absolute atomic E-state index is 0.968. The first-order valence-electron chi connectivity index (χ1n) is 3.87. The van der Waals surface area contributed by atoms with Gasteiger partial charge in [-0.05, 0) is 30.6 Å². The monoisotopic (exact) mass is 110 g/mol. The summed E-state index contributed by atoms with van der Waals surface area (Å²) in [5.74, 6) is 1.17. The molecule has 0 aromatic rings. The molecule has 0 aromatic carbocycles. The molecule has 0 bridgehead atoms. The van der Waals surface area contributed by atoms with Crippen LogP contribution < -0.4 is 0 Å². The third kappa shape index (κ3) is 0.519. The highest BCUT2D eigenvalue weighted by Crippen LogP contribution is 2.71. The molecule has 0 radical (unpaired) electrons. The summed E-state index contributed by atoms with van der Waals surface area (Å²) in [6.07, 6.45) is 7.64. The molecule has 0 aromatic heterocycles. The molecular weight excluding hydrogens is 96.1 g/mol. The van der Waals surface area contributed by atoms with Crippen molar-refractivity contribution in [2.24, 2.45) is 11.3 Å². The van der Waals surface area contributed by atoms with E-state index in [1.807, 2.05) is 0 Å². The molecule has 0 nitrogen and oxygen atoms in total. The third-order valence-corrected chi connectivity index (χ3v) is 2.89. The summed E-state index contributed by atoms with van der Waals surface area (Å²) in [7, 11) is 0. The Hall–Kier alpha value is 0.